The first-order valence-electron chi connectivity index (χ1n) is 16.2. The normalized spacial score (nSPS) is 19.0. The van der Waals surface area contributed by atoms with Crippen LogP contribution in [0.15, 0.2) is 54.4 Å². The quantitative estimate of drug-likeness (QED) is 0.0492. The molecule has 0 spiro atoms. The fourth-order valence-corrected chi connectivity index (χ4v) is 7.13. The Balaban J connectivity index is 1.24. The number of halogens is 2. The van der Waals surface area contributed by atoms with Crippen molar-refractivity contribution in [3.63, 3.8) is 0 Å². The fraction of sp³-hybridized carbons (Fsp3) is 0.455. The summed E-state index contributed by atoms with van der Waals surface area (Å²) in [5.74, 6) is 3.24. The number of fused-ring (bicyclic) bond motifs is 1. The summed E-state index contributed by atoms with van der Waals surface area (Å²) >= 11 is 1.84. The number of anilines is 1. The molecule has 13 nitrogen and oxygen atoms in total. The molecule has 0 radical (unpaired) electrons. The summed E-state index contributed by atoms with van der Waals surface area (Å²) in [6.07, 6.45) is 5.63. The summed E-state index contributed by atoms with van der Waals surface area (Å²) in [5.41, 5.74) is 12.6. The van der Waals surface area contributed by atoms with Gasteiger partial charge in [-0.15, -0.1) is 0 Å². The number of urea groups is 1. The van der Waals surface area contributed by atoms with Crippen LogP contribution in [-0.4, -0.2) is 72.5 Å². The Morgan fingerprint density at radius 3 is 2.59 bits per heavy atom. The zero-order valence-corrected chi connectivity index (χ0v) is 27.9. The average Bonchev–Trinajstić information content (AvgIpc) is 3.64. The molecule has 2 aromatic rings. The summed E-state index contributed by atoms with van der Waals surface area (Å²) in [6.45, 7) is -0.192. The lowest BCUT2D eigenvalue weighted by Gasteiger charge is -2.19. The lowest BCUT2D eigenvalue weighted by atomic mass is 10.0. The third-order valence-corrected chi connectivity index (χ3v) is 9.71. The van der Waals surface area contributed by atoms with E-state index in [0.29, 0.717) is 43.2 Å². The van der Waals surface area contributed by atoms with Gasteiger partial charge in [0.2, 0.25) is 5.91 Å². The number of hydrogen-bond acceptors (Lipinski definition) is 10. The highest BCUT2D eigenvalue weighted by Crippen LogP contribution is 2.33. The molecule has 2 saturated heterocycles. The van der Waals surface area contributed by atoms with E-state index in [4.69, 9.17) is 22.0 Å². The Morgan fingerprint density at radius 2 is 1.84 bits per heavy atom. The Bertz CT molecular complexity index is 1490. The Labute approximate surface area is 288 Å². The molecule has 49 heavy (non-hydrogen) atoms. The Kier molecular flexibility index (Phi) is 14.0. The molecule has 2 heterocycles. The number of benzene rings is 2. The van der Waals surface area contributed by atoms with Crippen molar-refractivity contribution in [3.8, 4) is 5.75 Å². The molecule has 266 valence electrons. The van der Waals surface area contributed by atoms with E-state index >= 15 is 0 Å². The minimum Gasteiger partial charge on any atom is -0.480 e. The summed E-state index contributed by atoms with van der Waals surface area (Å²) in [7, 11) is 0. The van der Waals surface area contributed by atoms with Crippen LogP contribution in [-0.2, 0) is 9.59 Å². The predicted octanol–water partition coefficient (Wildman–Crippen LogP) is 2.16. The molecule has 0 aromatic heterocycles. The van der Waals surface area contributed by atoms with Crippen LogP contribution < -0.4 is 48.3 Å². The number of amides is 4. The second-order valence-corrected chi connectivity index (χ2v) is 13.2. The number of ketones is 1. The maximum absolute atomic E-state index is 14.0. The van der Waals surface area contributed by atoms with E-state index in [1.807, 2.05) is 11.8 Å². The molecule has 0 aliphatic carbocycles. The summed E-state index contributed by atoms with van der Waals surface area (Å²) in [5, 5.41) is 12.9. The van der Waals surface area contributed by atoms with Gasteiger partial charge in [-0.3, -0.25) is 19.4 Å². The smallest absolute Gasteiger partial charge is 0.315 e. The number of rotatable bonds is 19. The van der Waals surface area contributed by atoms with Crippen molar-refractivity contribution in [2.45, 2.75) is 68.3 Å². The standard InChI is InChI=1S/C33H44F2N8O5S/c34-23-9-6-10-24(35)31(23)48-18-27(44)25(11-3-4-14-36)40-32(46)20-7-5-8-22(15-20)43(38)17-21(37)16-39-29(45)13-2-1-12-28-30-26(19-49-28)41-33(47)42-30/h5-10,15,17,25-26,28,30H,1-4,11-14,16,18-19,36-38H2,(H,39,45)(H,40,46)(H2,41,42,47)/b21-17-. The zero-order valence-electron chi connectivity index (χ0n) is 27.1. The highest BCUT2D eigenvalue weighted by atomic mass is 32.2. The lowest BCUT2D eigenvalue weighted by molar-refractivity contribution is -0.123. The van der Waals surface area contributed by atoms with Crippen molar-refractivity contribution in [1.29, 1.82) is 0 Å². The third-order valence-electron chi connectivity index (χ3n) is 8.20. The maximum Gasteiger partial charge on any atom is 0.315 e. The number of nitrogens with two attached hydrogens (primary N) is 3. The topological polar surface area (TPSA) is 207 Å². The second-order valence-electron chi connectivity index (χ2n) is 11.9. The van der Waals surface area contributed by atoms with Gasteiger partial charge in [0.15, 0.2) is 23.2 Å². The first kappa shape index (κ1) is 37.4. The van der Waals surface area contributed by atoms with Crippen LogP contribution in [0.4, 0.5) is 19.3 Å². The first-order chi connectivity index (χ1) is 23.5. The molecule has 10 N–H and O–H groups in total. The highest BCUT2D eigenvalue weighted by molar-refractivity contribution is 8.00. The van der Waals surface area contributed by atoms with E-state index in [0.717, 1.165) is 30.7 Å². The molecule has 4 unspecified atom stereocenters. The van der Waals surface area contributed by atoms with Crippen LogP contribution in [0.25, 0.3) is 0 Å². The van der Waals surface area contributed by atoms with Gasteiger partial charge in [-0.1, -0.05) is 18.6 Å². The Morgan fingerprint density at radius 1 is 1.08 bits per heavy atom. The van der Waals surface area contributed by atoms with Crippen LogP contribution in [0.2, 0.25) is 0 Å². The van der Waals surface area contributed by atoms with Crippen LogP contribution in [0.1, 0.15) is 55.3 Å². The minimum atomic E-state index is -0.994. The van der Waals surface area contributed by atoms with Gasteiger partial charge >= 0.3 is 6.03 Å². The molecular weight excluding hydrogens is 658 g/mol. The molecule has 2 aliphatic heterocycles. The van der Waals surface area contributed by atoms with Crippen molar-refractivity contribution in [1.82, 2.24) is 21.3 Å². The SMILES string of the molecule is NCCCCC(NC(=O)c1cccc(N(N)/C=C(\N)CNC(=O)CCCCC2SCC3NC(=O)NC32)c1)C(=O)COc1c(F)cccc1F. The molecule has 4 amide bonds. The largest absolute Gasteiger partial charge is 0.480 e. The highest BCUT2D eigenvalue weighted by Gasteiger charge is 2.42. The van der Waals surface area contributed by atoms with Crippen molar-refractivity contribution in [2.24, 2.45) is 17.3 Å². The average molecular weight is 703 g/mol. The van der Waals surface area contributed by atoms with Crippen LogP contribution >= 0.6 is 11.8 Å². The molecule has 4 rings (SSSR count). The van der Waals surface area contributed by atoms with Gasteiger partial charge < -0.3 is 37.5 Å². The fourth-order valence-electron chi connectivity index (χ4n) is 5.58. The third kappa shape index (κ3) is 11.1. The minimum absolute atomic E-state index is 0.0675. The second kappa shape index (κ2) is 18.4. The Hall–Kier alpha value is -4.41. The van der Waals surface area contributed by atoms with Crippen molar-refractivity contribution < 1.29 is 32.7 Å². The number of thioether (sulfide) groups is 1. The van der Waals surface area contributed by atoms with Crippen molar-refractivity contribution in [3.05, 3.63) is 71.6 Å². The van der Waals surface area contributed by atoms with E-state index in [-0.39, 0.29) is 48.2 Å². The zero-order chi connectivity index (χ0) is 35.3. The summed E-state index contributed by atoms with van der Waals surface area (Å²) in [6, 6.07) is 8.72. The van der Waals surface area contributed by atoms with Gasteiger partial charge in [0, 0.05) is 34.9 Å². The maximum atomic E-state index is 14.0. The van der Waals surface area contributed by atoms with Crippen molar-refractivity contribution in [2.75, 3.05) is 30.5 Å². The van der Waals surface area contributed by atoms with Crippen molar-refractivity contribution >= 4 is 41.1 Å². The number of carbonyl (C=O) groups is 4. The van der Waals surface area contributed by atoms with Gasteiger partial charge in [0.1, 0.15) is 6.61 Å². The number of hydrogen-bond donors (Lipinski definition) is 7. The number of Topliss-reactive ketones (excluding diaryl/α,β-unsaturated/α-hetero) is 1. The molecule has 4 atom stereocenters. The molecule has 2 aromatic carbocycles. The van der Waals surface area contributed by atoms with Crippen LogP contribution in [0.5, 0.6) is 5.75 Å². The van der Waals surface area contributed by atoms with Gasteiger partial charge in [0.25, 0.3) is 5.91 Å². The monoisotopic (exact) mass is 702 g/mol. The van der Waals surface area contributed by atoms with E-state index in [2.05, 4.69) is 21.3 Å². The number of para-hydroxylation sites is 1. The molecule has 0 bridgehead atoms. The van der Waals surface area contributed by atoms with E-state index in [1.165, 1.54) is 29.4 Å². The number of carbonyl (C=O) groups excluding carboxylic acids is 4. The number of hydrazine groups is 1. The molecule has 16 heteroatoms. The first-order valence-corrected chi connectivity index (χ1v) is 17.3. The predicted molar refractivity (Wildman–Crippen MR) is 183 cm³/mol. The van der Waals surface area contributed by atoms with Gasteiger partial charge in [0.05, 0.1) is 30.4 Å². The van der Waals surface area contributed by atoms with E-state index < -0.39 is 41.7 Å². The van der Waals surface area contributed by atoms with Gasteiger partial charge in [-0.05, 0) is 69.0 Å². The number of nitrogens with zero attached hydrogens (tertiary/aromatic N) is 1. The van der Waals surface area contributed by atoms with Gasteiger partial charge in [-0.25, -0.2) is 19.4 Å². The lowest BCUT2D eigenvalue weighted by Crippen LogP contribution is -2.43. The molecular formula is C33H44F2N8O5S. The number of nitrogens with one attached hydrogen (secondary N) is 4. The van der Waals surface area contributed by atoms with Crippen LogP contribution in [0.3, 0.4) is 0 Å². The molecule has 2 fully saturated rings. The number of unbranched alkanes of at least 4 members (excludes halogenated alkanes) is 2. The van der Waals surface area contributed by atoms with Gasteiger partial charge in [-0.2, -0.15) is 11.8 Å². The van der Waals surface area contributed by atoms with E-state index in [9.17, 15) is 28.0 Å². The summed E-state index contributed by atoms with van der Waals surface area (Å²) in [4.78, 5) is 50.1. The molecule has 0 saturated carbocycles. The summed E-state index contributed by atoms with van der Waals surface area (Å²) < 4.78 is 33.1. The molecule has 2 aliphatic rings. The van der Waals surface area contributed by atoms with E-state index in [1.54, 1.807) is 12.1 Å². The number of ether oxygens (including phenoxy) is 1. The van der Waals surface area contributed by atoms with Crippen LogP contribution in [0, 0.1) is 11.6 Å².